The van der Waals surface area contributed by atoms with E-state index in [4.69, 9.17) is 9.47 Å². The zero-order valence-corrected chi connectivity index (χ0v) is 22.9. The minimum Gasteiger partial charge on any atom is -0.460 e. The molecule has 2 rings (SSSR count). The summed E-state index contributed by atoms with van der Waals surface area (Å²) in [6.07, 6.45) is 4.73. The number of fused-ring (bicyclic) bond motifs is 1. The molecule has 0 aromatic heterocycles. The average Bonchev–Trinajstić information content (AvgIpc) is 3.17. The van der Waals surface area contributed by atoms with E-state index in [0.717, 1.165) is 0 Å². The van der Waals surface area contributed by atoms with Crippen LogP contribution in [0.3, 0.4) is 0 Å². The average molecular weight is 524 g/mol. The second-order valence-corrected chi connectivity index (χ2v) is 11.3. The van der Waals surface area contributed by atoms with Gasteiger partial charge in [-0.2, -0.15) is 0 Å². The Kier molecular flexibility index (Phi) is 10.1. The predicted octanol–water partition coefficient (Wildman–Crippen LogP) is 2.37. The molecule has 37 heavy (non-hydrogen) atoms. The van der Waals surface area contributed by atoms with Gasteiger partial charge in [-0.25, -0.2) is 9.59 Å². The first-order valence-corrected chi connectivity index (χ1v) is 12.7. The van der Waals surface area contributed by atoms with E-state index < -0.39 is 53.3 Å². The molecule has 11 heteroatoms. The van der Waals surface area contributed by atoms with Crippen molar-refractivity contribution in [3.63, 3.8) is 0 Å². The summed E-state index contributed by atoms with van der Waals surface area (Å²) < 4.78 is 15.4. The van der Waals surface area contributed by atoms with Crippen molar-refractivity contribution < 1.29 is 38.2 Å². The summed E-state index contributed by atoms with van der Waals surface area (Å²) in [7, 11) is 1.21. The lowest BCUT2D eigenvalue weighted by atomic mass is 10.0. The summed E-state index contributed by atoms with van der Waals surface area (Å²) in [5.41, 5.74) is -1.49. The second kappa shape index (κ2) is 12.4. The molecule has 208 valence electrons. The van der Waals surface area contributed by atoms with E-state index >= 15 is 0 Å². The number of hydrogen-bond acceptors (Lipinski definition) is 8. The van der Waals surface area contributed by atoms with Gasteiger partial charge >= 0.3 is 18.0 Å². The maximum Gasteiger partial charge on any atom is 0.407 e. The first-order valence-electron chi connectivity index (χ1n) is 12.7. The molecule has 2 aliphatic rings. The molecular formula is C26H41N3O8. The Morgan fingerprint density at radius 1 is 1.00 bits per heavy atom. The molecule has 0 bridgehead atoms. The van der Waals surface area contributed by atoms with E-state index in [1.807, 2.05) is 12.2 Å². The molecule has 0 aromatic carbocycles. The number of amides is 3. The number of hydrogen-bond donors (Lipinski definition) is 2. The molecule has 11 nitrogen and oxygen atoms in total. The van der Waals surface area contributed by atoms with Crippen LogP contribution in [-0.4, -0.2) is 77.2 Å². The van der Waals surface area contributed by atoms with Crippen LogP contribution in [0, 0.1) is 0 Å². The Labute approximate surface area is 218 Å². The van der Waals surface area contributed by atoms with Gasteiger partial charge in [0.05, 0.1) is 7.11 Å². The van der Waals surface area contributed by atoms with E-state index in [1.165, 1.54) is 12.0 Å². The van der Waals surface area contributed by atoms with Gasteiger partial charge in [0.1, 0.15) is 29.3 Å². The third kappa shape index (κ3) is 9.36. The Morgan fingerprint density at radius 2 is 1.62 bits per heavy atom. The minimum atomic E-state index is -1.10. The van der Waals surface area contributed by atoms with Gasteiger partial charge in [-0.05, 0) is 73.6 Å². The Balaban J connectivity index is 2.20. The molecular weight excluding hydrogens is 482 g/mol. The highest BCUT2D eigenvalue weighted by atomic mass is 16.6. The number of ether oxygens (including phenoxy) is 3. The monoisotopic (exact) mass is 523 g/mol. The molecule has 0 saturated carbocycles. The SMILES string of the molecule is COC(=O)N[C@H]1CC=CC[C@@H]2CC[C@@H](C(=O)N[C@@H](CCC(=O)OC(C)(C)C)C(=O)OC(C)(C)C)N2C1=O. The molecule has 2 heterocycles. The topological polar surface area (TPSA) is 140 Å². The highest BCUT2D eigenvalue weighted by Gasteiger charge is 2.44. The van der Waals surface area contributed by atoms with Gasteiger partial charge in [0.15, 0.2) is 0 Å². The summed E-state index contributed by atoms with van der Waals surface area (Å²) in [6.45, 7) is 10.4. The first kappa shape index (κ1) is 30.1. The van der Waals surface area contributed by atoms with Gasteiger partial charge in [0.25, 0.3) is 0 Å². The Morgan fingerprint density at radius 3 is 2.22 bits per heavy atom. The standard InChI is InChI=1S/C26H41N3O8/c1-25(2,3)36-20(30)15-13-18(23(33)37-26(4,5)6)27-21(31)19-14-12-16-10-8-9-11-17(22(32)29(16)19)28-24(34)35-7/h8-9,16-19H,10-15H2,1-7H3,(H,27,31)(H,28,34)/t16-,17+,18+,19+/m1/s1. The summed E-state index contributed by atoms with van der Waals surface area (Å²) in [5.74, 6) is -2.08. The van der Waals surface area contributed by atoms with Crippen molar-refractivity contribution in [3.8, 4) is 0 Å². The lowest BCUT2D eigenvalue weighted by molar-refractivity contribution is -0.160. The van der Waals surface area contributed by atoms with Crippen LogP contribution in [-0.2, 0) is 33.4 Å². The van der Waals surface area contributed by atoms with Crippen molar-refractivity contribution in [2.24, 2.45) is 0 Å². The van der Waals surface area contributed by atoms with Gasteiger partial charge in [0.2, 0.25) is 11.8 Å². The van der Waals surface area contributed by atoms with Crippen LogP contribution in [0.5, 0.6) is 0 Å². The summed E-state index contributed by atoms with van der Waals surface area (Å²) >= 11 is 0. The van der Waals surface area contributed by atoms with Gasteiger partial charge in [-0.3, -0.25) is 14.4 Å². The highest BCUT2D eigenvalue weighted by molar-refractivity contribution is 5.94. The van der Waals surface area contributed by atoms with E-state index in [9.17, 15) is 24.0 Å². The van der Waals surface area contributed by atoms with E-state index in [1.54, 1.807) is 41.5 Å². The van der Waals surface area contributed by atoms with Crippen LogP contribution in [0.4, 0.5) is 4.79 Å². The fraction of sp³-hybridized carbons (Fsp3) is 0.731. The van der Waals surface area contributed by atoms with Crippen LogP contribution >= 0.6 is 0 Å². The first-order chi connectivity index (χ1) is 17.1. The van der Waals surface area contributed by atoms with Gasteiger partial charge in [-0.1, -0.05) is 12.2 Å². The molecule has 0 aliphatic carbocycles. The molecule has 0 unspecified atom stereocenters. The summed E-state index contributed by atoms with van der Waals surface area (Å²) in [5, 5.41) is 5.24. The predicted molar refractivity (Wildman–Crippen MR) is 134 cm³/mol. The van der Waals surface area contributed by atoms with Gasteiger partial charge in [-0.15, -0.1) is 0 Å². The number of methoxy groups -OCH3 is 1. The van der Waals surface area contributed by atoms with Crippen molar-refractivity contribution in [2.45, 2.75) is 115 Å². The third-order valence-corrected chi connectivity index (χ3v) is 5.85. The summed E-state index contributed by atoms with van der Waals surface area (Å²) in [6, 6.07) is -3.04. The number of nitrogens with one attached hydrogen (secondary N) is 2. The van der Waals surface area contributed by atoms with Crippen molar-refractivity contribution in [1.29, 1.82) is 0 Å². The lowest BCUT2D eigenvalue weighted by Crippen LogP contribution is -2.57. The van der Waals surface area contributed by atoms with Crippen LogP contribution in [0.15, 0.2) is 12.2 Å². The normalized spacial score (nSPS) is 22.7. The maximum atomic E-state index is 13.4. The van der Waals surface area contributed by atoms with E-state index in [2.05, 4.69) is 15.4 Å². The van der Waals surface area contributed by atoms with Crippen LogP contribution in [0.2, 0.25) is 0 Å². The van der Waals surface area contributed by atoms with Crippen molar-refractivity contribution in [3.05, 3.63) is 12.2 Å². The summed E-state index contributed by atoms with van der Waals surface area (Å²) in [4.78, 5) is 65.3. The zero-order chi connectivity index (χ0) is 28.0. The smallest absolute Gasteiger partial charge is 0.407 e. The lowest BCUT2D eigenvalue weighted by Gasteiger charge is -2.34. The fourth-order valence-electron chi connectivity index (χ4n) is 4.34. The molecule has 0 aromatic rings. The highest BCUT2D eigenvalue weighted by Crippen LogP contribution is 2.30. The van der Waals surface area contributed by atoms with Crippen LogP contribution in [0.25, 0.3) is 0 Å². The molecule has 4 atom stereocenters. The molecule has 1 fully saturated rings. The van der Waals surface area contributed by atoms with Crippen LogP contribution < -0.4 is 10.6 Å². The Hall–Kier alpha value is -3.11. The van der Waals surface area contributed by atoms with Crippen molar-refractivity contribution in [2.75, 3.05) is 7.11 Å². The largest absolute Gasteiger partial charge is 0.460 e. The van der Waals surface area contributed by atoms with E-state index in [0.29, 0.717) is 19.3 Å². The fourth-order valence-corrected chi connectivity index (χ4v) is 4.34. The van der Waals surface area contributed by atoms with Gasteiger partial charge < -0.3 is 29.7 Å². The van der Waals surface area contributed by atoms with Crippen molar-refractivity contribution >= 4 is 29.8 Å². The quantitative estimate of drug-likeness (QED) is 0.294. The number of esters is 2. The Bertz CT molecular complexity index is 902. The minimum absolute atomic E-state index is 0.0189. The molecule has 0 radical (unpaired) electrons. The molecule has 2 aliphatic heterocycles. The number of alkyl carbamates (subject to hydrolysis) is 1. The second-order valence-electron chi connectivity index (χ2n) is 11.3. The molecule has 0 spiro atoms. The van der Waals surface area contributed by atoms with Gasteiger partial charge in [0, 0.05) is 12.5 Å². The molecule has 2 N–H and O–H groups in total. The number of nitrogens with zero attached hydrogens (tertiary/aromatic N) is 1. The number of carbonyl (C=O) groups excluding carboxylic acids is 5. The molecule has 3 amide bonds. The number of carbonyl (C=O) groups is 5. The zero-order valence-electron chi connectivity index (χ0n) is 22.9. The third-order valence-electron chi connectivity index (χ3n) is 5.85. The van der Waals surface area contributed by atoms with Crippen LogP contribution in [0.1, 0.15) is 80.1 Å². The number of rotatable bonds is 7. The van der Waals surface area contributed by atoms with Crippen molar-refractivity contribution in [1.82, 2.24) is 15.5 Å². The molecule has 1 saturated heterocycles. The maximum absolute atomic E-state index is 13.4. The van der Waals surface area contributed by atoms with E-state index in [-0.39, 0.29) is 31.2 Å².